The molecule has 1 heterocycles. The lowest BCUT2D eigenvalue weighted by Crippen LogP contribution is -2.31. The zero-order valence-electron chi connectivity index (χ0n) is 22.7. The summed E-state index contributed by atoms with van der Waals surface area (Å²) in [5.74, 6) is -1.51. The highest BCUT2D eigenvalue weighted by atomic mass is 32.2. The second-order valence-electron chi connectivity index (χ2n) is 8.96. The number of aromatic hydroxyl groups is 1. The predicted octanol–water partition coefficient (Wildman–Crippen LogP) is 5.92. The van der Waals surface area contributed by atoms with Crippen molar-refractivity contribution in [1.29, 1.82) is 5.26 Å². The van der Waals surface area contributed by atoms with Crippen LogP contribution in [0.15, 0.2) is 113 Å². The van der Waals surface area contributed by atoms with Crippen molar-refractivity contribution in [3.63, 3.8) is 0 Å². The Morgan fingerprint density at radius 1 is 1.10 bits per heavy atom. The van der Waals surface area contributed by atoms with Crippen molar-refractivity contribution in [2.75, 3.05) is 24.4 Å². The van der Waals surface area contributed by atoms with Crippen molar-refractivity contribution in [2.45, 2.75) is 12.8 Å². The number of ether oxygens (including phenoxy) is 2. The molecule has 0 fully saturated rings. The molecule has 2 N–H and O–H groups in total. The van der Waals surface area contributed by atoms with Gasteiger partial charge in [-0.15, -0.1) is 0 Å². The topological polar surface area (TPSA) is 112 Å². The minimum atomic E-state index is -0.829. The SMILES string of the molecule is C=CCOC(=O)C1=C(C)NC(SCC(=O)N(c2ccccc2)c2ccccc2)=C(C#N)[C@H]1c1ccc(O)c(OC)c1. The Balaban J connectivity index is 1.72. The average molecular weight is 568 g/mol. The van der Waals surface area contributed by atoms with Crippen LogP contribution in [0.4, 0.5) is 11.4 Å². The van der Waals surface area contributed by atoms with Gasteiger partial charge in [-0.3, -0.25) is 9.69 Å². The molecule has 0 aliphatic carbocycles. The lowest BCUT2D eigenvalue weighted by Gasteiger charge is -2.30. The number of para-hydroxylation sites is 2. The van der Waals surface area contributed by atoms with Crippen molar-refractivity contribution < 1.29 is 24.2 Å². The first kappa shape index (κ1) is 29.1. The van der Waals surface area contributed by atoms with Crippen LogP contribution < -0.4 is 15.0 Å². The van der Waals surface area contributed by atoms with E-state index in [9.17, 15) is 20.0 Å². The van der Waals surface area contributed by atoms with Crippen LogP contribution in [0, 0.1) is 11.3 Å². The maximum Gasteiger partial charge on any atom is 0.337 e. The summed E-state index contributed by atoms with van der Waals surface area (Å²) in [7, 11) is 1.42. The molecule has 0 saturated heterocycles. The summed E-state index contributed by atoms with van der Waals surface area (Å²) >= 11 is 1.17. The number of phenolic OH excluding ortho intramolecular Hbond substituents is 1. The quantitative estimate of drug-likeness (QED) is 0.229. The molecule has 41 heavy (non-hydrogen) atoms. The van der Waals surface area contributed by atoms with E-state index in [1.807, 2.05) is 60.7 Å². The zero-order valence-corrected chi connectivity index (χ0v) is 23.5. The number of methoxy groups -OCH3 is 1. The molecule has 9 heteroatoms. The van der Waals surface area contributed by atoms with Crippen molar-refractivity contribution in [1.82, 2.24) is 5.32 Å². The van der Waals surface area contributed by atoms with Gasteiger partial charge in [0.05, 0.1) is 41.0 Å². The van der Waals surface area contributed by atoms with E-state index in [2.05, 4.69) is 18.0 Å². The van der Waals surface area contributed by atoms with E-state index >= 15 is 0 Å². The largest absolute Gasteiger partial charge is 0.504 e. The van der Waals surface area contributed by atoms with E-state index in [1.54, 1.807) is 24.0 Å². The molecule has 3 aromatic carbocycles. The number of phenols is 1. The smallest absolute Gasteiger partial charge is 0.337 e. The van der Waals surface area contributed by atoms with Crippen LogP contribution in [0.3, 0.4) is 0 Å². The molecule has 1 amide bonds. The zero-order chi connectivity index (χ0) is 29.4. The number of carbonyl (C=O) groups is 2. The van der Waals surface area contributed by atoms with Gasteiger partial charge in [-0.2, -0.15) is 5.26 Å². The number of thioether (sulfide) groups is 1. The minimum Gasteiger partial charge on any atom is -0.504 e. The highest BCUT2D eigenvalue weighted by molar-refractivity contribution is 8.03. The van der Waals surface area contributed by atoms with E-state index in [-0.39, 0.29) is 40.9 Å². The Morgan fingerprint density at radius 3 is 2.29 bits per heavy atom. The van der Waals surface area contributed by atoms with Crippen molar-refractivity contribution >= 4 is 35.0 Å². The van der Waals surface area contributed by atoms with E-state index in [0.29, 0.717) is 27.7 Å². The van der Waals surface area contributed by atoms with Crippen LogP contribution in [0.2, 0.25) is 0 Å². The standard InChI is InChI=1S/C32H29N3O5S/c1-4-17-40-32(38)29-21(2)34-31(25(19-33)30(29)22-15-16-26(36)27(18-22)39-3)41-20-28(37)35(23-11-7-5-8-12-23)24-13-9-6-10-14-24/h4-16,18,30,34,36H,1,17,20H2,2-3H3/t30-/m1/s1. The number of carbonyl (C=O) groups excluding carboxylic acids is 2. The molecule has 0 radical (unpaired) electrons. The first-order chi connectivity index (χ1) is 19.9. The number of nitrogens with zero attached hydrogens (tertiary/aromatic N) is 2. The molecule has 208 valence electrons. The van der Waals surface area contributed by atoms with Gasteiger partial charge >= 0.3 is 5.97 Å². The Kier molecular flexibility index (Phi) is 9.51. The van der Waals surface area contributed by atoms with Gasteiger partial charge in [0, 0.05) is 17.1 Å². The van der Waals surface area contributed by atoms with Crippen molar-refractivity contribution in [3.8, 4) is 17.6 Å². The molecule has 0 bridgehead atoms. The number of anilines is 2. The molecule has 1 aliphatic heterocycles. The number of rotatable bonds is 10. The molecule has 0 unspecified atom stereocenters. The van der Waals surface area contributed by atoms with Gasteiger partial charge in [0.25, 0.3) is 0 Å². The van der Waals surface area contributed by atoms with E-state index in [0.717, 1.165) is 0 Å². The summed E-state index contributed by atoms with van der Waals surface area (Å²) in [5.41, 5.74) is 2.93. The molecule has 1 atom stereocenters. The minimum absolute atomic E-state index is 0.00223. The summed E-state index contributed by atoms with van der Waals surface area (Å²) in [6.07, 6.45) is 1.46. The lowest BCUT2D eigenvalue weighted by atomic mass is 9.82. The lowest BCUT2D eigenvalue weighted by molar-refractivity contribution is -0.138. The highest BCUT2D eigenvalue weighted by Crippen LogP contribution is 2.43. The number of allylic oxidation sites excluding steroid dienone is 2. The summed E-state index contributed by atoms with van der Waals surface area (Å²) in [4.78, 5) is 28.5. The van der Waals surface area contributed by atoms with Gasteiger partial charge in [-0.05, 0) is 48.9 Å². The molecule has 0 saturated carbocycles. The molecule has 4 rings (SSSR count). The Morgan fingerprint density at radius 2 is 1.73 bits per heavy atom. The number of benzene rings is 3. The van der Waals surface area contributed by atoms with Gasteiger partial charge in [0.1, 0.15) is 6.61 Å². The molecule has 0 aromatic heterocycles. The Bertz CT molecular complexity index is 1510. The second kappa shape index (κ2) is 13.4. The van der Waals surface area contributed by atoms with Gasteiger partial charge in [-0.1, -0.05) is 66.9 Å². The van der Waals surface area contributed by atoms with Gasteiger partial charge in [0.2, 0.25) is 5.91 Å². The number of hydrogen-bond acceptors (Lipinski definition) is 8. The first-order valence-electron chi connectivity index (χ1n) is 12.7. The van der Waals surface area contributed by atoms with Gasteiger partial charge < -0.3 is 19.9 Å². The second-order valence-corrected chi connectivity index (χ2v) is 9.94. The monoisotopic (exact) mass is 567 g/mol. The third-order valence-corrected chi connectivity index (χ3v) is 7.36. The number of esters is 1. The fourth-order valence-electron chi connectivity index (χ4n) is 4.51. The molecular formula is C32H29N3O5S. The molecule has 3 aromatic rings. The number of amides is 1. The van der Waals surface area contributed by atoms with Crippen LogP contribution in [0.25, 0.3) is 0 Å². The maximum absolute atomic E-state index is 13.7. The molecule has 0 spiro atoms. The number of hydrogen-bond donors (Lipinski definition) is 2. The molecule has 8 nitrogen and oxygen atoms in total. The fourth-order valence-corrected chi connectivity index (χ4v) is 5.45. The molecule has 1 aliphatic rings. The third kappa shape index (κ3) is 6.45. The number of dihydropyridines is 1. The average Bonchev–Trinajstić information content (AvgIpc) is 3.00. The van der Waals surface area contributed by atoms with E-state index in [1.165, 1.54) is 31.0 Å². The van der Waals surface area contributed by atoms with Crippen molar-refractivity contribution in [2.24, 2.45) is 0 Å². The Labute approximate surface area is 243 Å². The van der Waals surface area contributed by atoms with Gasteiger partial charge in [-0.25, -0.2) is 4.79 Å². The third-order valence-electron chi connectivity index (χ3n) is 6.35. The van der Waals surface area contributed by atoms with Crippen LogP contribution in [0.1, 0.15) is 18.4 Å². The highest BCUT2D eigenvalue weighted by Gasteiger charge is 2.36. The first-order valence-corrected chi connectivity index (χ1v) is 13.7. The van der Waals surface area contributed by atoms with Gasteiger partial charge in [0.15, 0.2) is 11.5 Å². The van der Waals surface area contributed by atoms with Crippen LogP contribution in [0.5, 0.6) is 11.5 Å². The van der Waals surface area contributed by atoms with E-state index < -0.39 is 11.9 Å². The normalized spacial score (nSPS) is 14.5. The van der Waals surface area contributed by atoms with Crippen LogP contribution >= 0.6 is 11.8 Å². The summed E-state index contributed by atoms with van der Waals surface area (Å²) in [6, 6.07) is 25.5. The Hall–Kier alpha value is -4.94. The van der Waals surface area contributed by atoms with Crippen molar-refractivity contribution in [3.05, 3.63) is 119 Å². The van der Waals surface area contributed by atoms with Crippen LogP contribution in [-0.2, 0) is 14.3 Å². The fraction of sp³-hybridized carbons (Fsp3) is 0.156. The maximum atomic E-state index is 13.7. The summed E-state index contributed by atoms with van der Waals surface area (Å²) in [5, 5.41) is 24.1. The predicted molar refractivity (Wildman–Crippen MR) is 160 cm³/mol. The number of nitrogens with one attached hydrogen (secondary N) is 1. The summed E-state index contributed by atoms with van der Waals surface area (Å²) < 4.78 is 10.6. The number of nitriles is 1. The molecular weight excluding hydrogens is 538 g/mol. The van der Waals surface area contributed by atoms with E-state index in [4.69, 9.17) is 9.47 Å². The summed E-state index contributed by atoms with van der Waals surface area (Å²) in [6.45, 7) is 5.31. The van der Waals surface area contributed by atoms with Crippen LogP contribution in [-0.4, -0.2) is 36.5 Å².